The molecule has 1 aromatic heterocycles. The molecule has 1 aliphatic rings. The number of aromatic amines is 1. The van der Waals surface area contributed by atoms with E-state index in [4.69, 9.17) is 4.74 Å². The molecule has 2 aromatic carbocycles. The molecule has 1 saturated heterocycles. The quantitative estimate of drug-likeness (QED) is 0.487. The van der Waals surface area contributed by atoms with E-state index in [9.17, 15) is 13.2 Å². The average molecular weight is 472 g/mol. The van der Waals surface area contributed by atoms with E-state index in [1.165, 1.54) is 0 Å². The van der Waals surface area contributed by atoms with Crippen molar-refractivity contribution in [3.05, 3.63) is 60.2 Å². The minimum absolute atomic E-state index is 0.00266. The summed E-state index contributed by atoms with van der Waals surface area (Å²) in [5.41, 5.74) is 1.73. The normalized spacial score (nSPS) is 16.2. The van der Waals surface area contributed by atoms with Crippen molar-refractivity contribution < 1.29 is 17.9 Å². The molecule has 168 valence electrons. The second-order valence-electron chi connectivity index (χ2n) is 7.63. The van der Waals surface area contributed by atoms with Gasteiger partial charge in [0.1, 0.15) is 10.9 Å². The molecule has 1 fully saturated rings. The highest BCUT2D eigenvalue weighted by atomic mass is 32.2. The number of nitrogens with zero attached hydrogens (tertiary/aromatic N) is 1. The van der Waals surface area contributed by atoms with Gasteiger partial charge in [0, 0.05) is 18.7 Å². The lowest BCUT2D eigenvalue weighted by molar-refractivity contribution is -0.119. The summed E-state index contributed by atoms with van der Waals surface area (Å²) in [5, 5.41) is 3.13. The van der Waals surface area contributed by atoms with Crippen molar-refractivity contribution >= 4 is 27.5 Å². The number of aromatic nitrogens is 2. The van der Waals surface area contributed by atoms with Crippen LogP contribution in [-0.2, 0) is 19.4 Å². The summed E-state index contributed by atoms with van der Waals surface area (Å²) in [5.74, 6) is 0.314. The summed E-state index contributed by atoms with van der Waals surface area (Å²) >= 11 is 1.10. The lowest BCUT2D eigenvalue weighted by Crippen LogP contribution is -2.32. The van der Waals surface area contributed by atoms with Gasteiger partial charge in [0.25, 0.3) is 0 Å². The predicted molar refractivity (Wildman–Crippen MR) is 123 cm³/mol. The van der Waals surface area contributed by atoms with Crippen LogP contribution in [0.2, 0.25) is 0 Å². The van der Waals surface area contributed by atoms with Gasteiger partial charge in [-0.15, -0.1) is 0 Å². The molecular formula is C23H25N3O4S2. The molecule has 1 atom stereocenters. The van der Waals surface area contributed by atoms with Gasteiger partial charge in [-0.05, 0) is 31.9 Å². The molecule has 2 heterocycles. The van der Waals surface area contributed by atoms with Gasteiger partial charge < -0.3 is 15.0 Å². The molecule has 1 amide bonds. The zero-order chi connectivity index (χ0) is 22.6. The van der Waals surface area contributed by atoms with Crippen LogP contribution in [0, 0.1) is 6.92 Å². The second kappa shape index (κ2) is 9.89. The fourth-order valence-corrected chi connectivity index (χ4v) is 5.86. The van der Waals surface area contributed by atoms with Gasteiger partial charge in [0.05, 0.1) is 16.8 Å². The first-order valence-corrected chi connectivity index (χ1v) is 12.9. The summed E-state index contributed by atoms with van der Waals surface area (Å²) < 4.78 is 32.2. The molecule has 0 radical (unpaired) electrons. The van der Waals surface area contributed by atoms with E-state index in [0.717, 1.165) is 42.3 Å². The van der Waals surface area contributed by atoms with Crippen molar-refractivity contribution in [2.24, 2.45) is 0 Å². The van der Waals surface area contributed by atoms with E-state index in [1.54, 1.807) is 24.3 Å². The molecule has 3 aromatic rings. The van der Waals surface area contributed by atoms with E-state index < -0.39 is 9.84 Å². The first-order valence-electron chi connectivity index (χ1n) is 10.4. The first-order chi connectivity index (χ1) is 15.4. The lowest BCUT2D eigenvalue weighted by atomic mass is 10.2. The molecule has 2 N–H and O–H groups in total. The van der Waals surface area contributed by atoms with Crippen molar-refractivity contribution in [3.63, 3.8) is 0 Å². The summed E-state index contributed by atoms with van der Waals surface area (Å²) in [7, 11) is -3.84. The Kier molecular flexibility index (Phi) is 6.98. The molecule has 0 spiro atoms. The van der Waals surface area contributed by atoms with E-state index >= 15 is 0 Å². The molecule has 4 rings (SSSR count). The number of aryl methyl sites for hydroxylation is 1. The number of carbonyl (C=O) groups excluding carboxylic acids is 1. The fraction of sp³-hybridized carbons (Fsp3) is 0.304. The van der Waals surface area contributed by atoms with Crippen molar-refractivity contribution in [2.45, 2.75) is 40.8 Å². The zero-order valence-electron chi connectivity index (χ0n) is 17.7. The van der Waals surface area contributed by atoms with Crippen molar-refractivity contribution in [2.75, 3.05) is 18.9 Å². The van der Waals surface area contributed by atoms with Crippen LogP contribution in [0.5, 0.6) is 0 Å². The highest BCUT2D eigenvalue weighted by Gasteiger charge is 2.27. The Bertz CT molecular complexity index is 1170. The highest BCUT2D eigenvalue weighted by molar-refractivity contribution is 8.00. The Balaban J connectivity index is 1.57. The number of rotatable bonds is 8. The van der Waals surface area contributed by atoms with Crippen LogP contribution in [-0.4, -0.2) is 49.3 Å². The van der Waals surface area contributed by atoms with Crippen LogP contribution in [0.3, 0.4) is 0 Å². The maximum Gasteiger partial charge on any atom is 0.230 e. The fourth-order valence-electron chi connectivity index (χ4n) is 3.41. The van der Waals surface area contributed by atoms with Crippen LogP contribution in [0.1, 0.15) is 18.4 Å². The summed E-state index contributed by atoms with van der Waals surface area (Å²) in [6.07, 6.45) is 1.99. The number of sulfone groups is 1. The maximum atomic E-state index is 13.4. The third kappa shape index (κ3) is 5.23. The number of hydrogen-bond acceptors (Lipinski definition) is 6. The minimum Gasteiger partial charge on any atom is -0.376 e. The van der Waals surface area contributed by atoms with E-state index in [-0.39, 0.29) is 32.7 Å². The SMILES string of the molecule is Cc1ccc(S(=O)(=O)c2[nH]c(-c3ccccc3)nc2SCC(=O)NCC2CCCO2)cc1. The lowest BCUT2D eigenvalue weighted by Gasteiger charge is -2.10. The average Bonchev–Trinajstić information content (AvgIpc) is 3.47. The number of benzene rings is 2. The van der Waals surface area contributed by atoms with E-state index in [0.29, 0.717) is 12.4 Å². The summed E-state index contributed by atoms with van der Waals surface area (Å²) in [6, 6.07) is 16.0. The molecule has 9 heteroatoms. The Morgan fingerprint density at radius 1 is 1.19 bits per heavy atom. The molecule has 1 unspecified atom stereocenters. The third-order valence-corrected chi connectivity index (χ3v) is 8.01. The smallest absolute Gasteiger partial charge is 0.230 e. The van der Waals surface area contributed by atoms with Crippen LogP contribution < -0.4 is 5.32 Å². The number of carbonyl (C=O) groups is 1. The Hall–Kier alpha value is -2.62. The van der Waals surface area contributed by atoms with Crippen LogP contribution in [0.4, 0.5) is 0 Å². The Morgan fingerprint density at radius 2 is 1.94 bits per heavy atom. The molecule has 1 aliphatic heterocycles. The van der Waals surface area contributed by atoms with Gasteiger partial charge in [-0.1, -0.05) is 59.8 Å². The summed E-state index contributed by atoms with van der Waals surface area (Å²) in [6.45, 7) is 3.09. The monoisotopic (exact) mass is 471 g/mol. The number of H-pyrrole nitrogens is 1. The largest absolute Gasteiger partial charge is 0.376 e. The molecule has 7 nitrogen and oxygen atoms in total. The van der Waals surface area contributed by atoms with Crippen molar-refractivity contribution in [3.8, 4) is 11.4 Å². The van der Waals surface area contributed by atoms with Gasteiger partial charge in [-0.3, -0.25) is 4.79 Å². The molecule has 0 saturated carbocycles. The maximum absolute atomic E-state index is 13.4. The van der Waals surface area contributed by atoms with Crippen molar-refractivity contribution in [1.82, 2.24) is 15.3 Å². The third-order valence-electron chi connectivity index (χ3n) is 5.18. The molecule has 0 bridgehead atoms. The summed E-state index contributed by atoms with van der Waals surface area (Å²) in [4.78, 5) is 20.0. The number of ether oxygens (including phenoxy) is 1. The van der Waals surface area contributed by atoms with E-state index in [1.807, 2.05) is 37.3 Å². The Labute approximate surface area is 191 Å². The second-order valence-corrected chi connectivity index (χ2v) is 10.5. The molecule has 0 aliphatic carbocycles. The number of imidazole rings is 1. The first kappa shape index (κ1) is 22.6. The van der Waals surface area contributed by atoms with Gasteiger partial charge in [-0.25, -0.2) is 13.4 Å². The van der Waals surface area contributed by atoms with E-state index in [2.05, 4.69) is 15.3 Å². The number of thioether (sulfide) groups is 1. The topological polar surface area (TPSA) is 101 Å². The van der Waals surface area contributed by atoms with Crippen molar-refractivity contribution in [1.29, 1.82) is 0 Å². The van der Waals surface area contributed by atoms with Gasteiger partial charge in [0.2, 0.25) is 15.7 Å². The number of amides is 1. The number of hydrogen-bond donors (Lipinski definition) is 2. The molecule has 32 heavy (non-hydrogen) atoms. The highest BCUT2D eigenvalue weighted by Crippen LogP contribution is 2.32. The minimum atomic E-state index is -3.84. The van der Waals surface area contributed by atoms with Gasteiger partial charge in [0.15, 0.2) is 5.03 Å². The van der Waals surface area contributed by atoms with Gasteiger partial charge >= 0.3 is 0 Å². The van der Waals surface area contributed by atoms with Crippen LogP contribution >= 0.6 is 11.8 Å². The Morgan fingerprint density at radius 3 is 2.62 bits per heavy atom. The van der Waals surface area contributed by atoms with Gasteiger partial charge in [-0.2, -0.15) is 0 Å². The zero-order valence-corrected chi connectivity index (χ0v) is 19.3. The number of nitrogens with one attached hydrogen (secondary N) is 2. The van der Waals surface area contributed by atoms with Crippen LogP contribution in [0.15, 0.2) is 69.5 Å². The van der Waals surface area contributed by atoms with Crippen LogP contribution in [0.25, 0.3) is 11.4 Å². The standard InChI is InChI=1S/C23H25N3O4S2/c1-16-9-11-19(12-10-16)32(28,29)23-22(25-21(26-23)17-6-3-2-4-7-17)31-15-20(27)24-14-18-8-5-13-30-18/h2-4,6-7,9-12,18H,5,8,13-15H2,1H3,(H,24,27)(H,25,26). The molecular weight excluding hydrogens is 446 g/mol. The predicted octanol–water partition coefficient (Wildman–Crippen LogP) is 3.61.